The Balaban J connectivity index is 2.34. The van der Waals surface area contributed by atoms with Crippen LogP contribution in [0.15, 0.2) is 52.4 Å². The van der Waals surface area contributed by atoms with Crippen molar-refractivity contribution in [1.82, 2.24) is 9.55 Å². The molecule has 5 nitrogen and oxygen atoms in total. The van der Waals surface area contributed by atoms with Gasteiger partial charge in [0.05, 0.1) is 30.8 Å². The van der Waals surface area contributed by atoms with E-state index in [1.165, 1.54) is 11.8 Å². The molecule has 124 valence electrons. The summed E-state index contributed by atoms with van der Waals surface area (Å²) in [5.74, 6) is 2.06. The van der Waals surface area contributed by atoms with Gasteiger partial charge in [-0.05, 0) is 17.9 Å². The van der Waals surface area contributed by atoms with Gasteiger partial charge in [0, 0.05) is 18.2 Å². The van der Waals surface area contributed by atoms with Gasteiger partial charge in [0.2, 0.25) is 0 Å². The van der Waals surface area contributed by atoms with Crippen molar-refractivity contribution in [3.8, 4) is 17.2 Å². The zero-order chi connectivity index (χ0) is 17.1. The number of hydrogen-bond acceptors (Lipinski definition) is 5. The molecule has 0 aliphatic heterocycles. The first-order valence-corrected chi connectivity index (χ1v) is 8.54. The lowest BCUT2D eigenvalue weighted by Crippen LogP contribution is -2.21. The summed E-state index contributed by atoms with van der Waals surface area (Å²) in [5.41, 5.74) is 1.27. The molecule has 0 atom stereocenters. The van der Waals surface area contributed by atoms with Crippen LogP contribution in [0, 0.1) is 0 Å². The second kappa shape index (κ2) is 6.97. The van der Waals surface area contributed by atoms with Crippen LogP contribution in [0.2, 0.25) is 0 Å². The highest BCUT2D eigenvalue weighted by atomic mass is 32.2. The highest BCUT2D eigenvalue weighted by Gasteiger charge is 2.14. The molecule has 0 spiro atoms. The fraction of sp³-hybridized carbons (Fsp3) is 0.222. The zero-order valence-corrected chi connectivity index (χ0v) is 14.6. The van der Waals surface area contributed by atoms with Crippen LogP contribution >= 0.6 is 11.8 Å². The summed E-state index contributed by atoms with van der Waals surface area (Å²) in [6.07, 6.45) is 0. The van der Waals surface area contributed by atoms with Crippen LogP contribution in [-0.4, -0.2) is 29.5 Å². The van der Waals surface area contributed by atoms with Crippen LogP contribution in [0.1, 0.15) is 6.92 Å². The first-order valence-electron chi connectivity index (χ1n) is 7.56. The molecule has 0 saturated heterocycles. The van der Waals surface area contributed by atoms with Gasteiger partial charge in [-0.1, -0.05) is 30.8 Å². The molecule has 2 aromatic carbocycles. The van der Waals surface area contributed by atoms with Crippen LogP contribution in [0.25, 0.3) is 16.6 Å². The van der Waals surface area contributed by atoms with Gasteiger partial charge < -0.3 is 9.47 Å². The Morgan fingerprint density at radius 1 is 1.08 bits per heavy atom. The minimum atomic E-state index is -0.105. The Bertz CT molecular complexity index is 915. The lowest BCUT2D eigenvalue weighted by atomic mass is 10.2. The molecule has 0 saturated carbocycles. The predicted octanol–water partition coefficient (Wildman–Crippen LogP) is 3.51. The molecular weight excluding hydrogens is 324 g/mol. The number of methoxy groups -OCH3 is 2. The largest absolute Gasteiger partial charge is 0.497 e. The van der Waals surface area contributed by atoms with E-state index >= 15 is 0 Å². The van der Waals surface area contributed by atoms with E-state index in [4.69, 9.17) is 9.47 Å². The number of rotatable bonds is 5. The number of aromatic nitrogens is 2. The summed E-state index contributed by atoms with van der Waals surface area (Å²) in [6.45, 7) is 2.03. The van der Waals surface area contributed by atoms with Crippen molar-refractivity contribution >= 4 is 22.7 Å². The molecule has 0 radical (unpaired) electrons. The highest BCUT2D eigenvalue weighted by molar-refractivity contribution is 7.99. The monoisotopic (exact) mass is 342 g/mol. The molecule has 0 aliphatic rings. The van der Waals surface area contributed by atoms with Crippen LogP contribution in [0.3, 0.4) is 0 Å². The maximum Gasteiger partial charge on any atom is 0.266 e. The maximum atomic E-state index is 13.1. The van der Waals surface area contributed by atoms with Crippen molar-refractivity contribution in [1.29, 1.82) is 0 Å². The van der Waals surface area contributed by atoms with Crippen molar-refractivity contribution in [2.75, 3.05) is 20.0 Å². The first-order chi connectivity index (χ1) is 11.7. The molecule has 24 heavy (non-hydrogen) atoms. The summed E-state index contributed by atoms with van der Waals surface area (Å²) < 4.78 is 12.3. The summed E-state index contributed by atoms with van der Waals surface area (Å²) >= 11 is 1.52. The molecule has 3 aromatic rings. The summed E-state index contributed by atoms with van der Waals surface area (Å²) in [6, 6.07) is 12.8. The first kappa shape index (κ1) is 16.4. The lowest BCUT2D eigenvalue weighted by molar-refractivity contribution is 0.394. The minimum Gasteiger partial charge on any atom is -0.497 e. The van der Waals surface area contributed by atoms with Gasteiger partial charge in [-0.2, -0.15) is 0 Å². The maximum absolute atomic E-state index is 13.1. The summed E-state index contributed by atoms with van der Waals surface area (Å²) in [7, 11) is 3.17. The molecule has 1 aromatic heterocycles. The van der Waals surface area contributed by atoms with Gasteiger partial charge in [0.25, 0.3) is 5.56 Å². The predicted molar refractivity (Wildman–Crippen MR) is 96.8 cm³/mol. The zero-order valence-electron chi connectivity index (χ0n) is 13.8. The molecule has 6 heteroatoms. The molecule has 0 N–H and O–H groups in total. The van der Waals surface area contributed by atoms with Crippen LogP contribution < -0.4 is 15.0 Å². The molecule has 1 heterocycles. The summed E-state index contributed by atoms with van der Waals surface area (Å²) in [4.78, 5) is 17.7. The fourth-order valence-electron chi connectivity index (χ4n) is 2.49. The Morgan fingerprint density at radius 2 is 1.75 bits per heavy atom. The van der Waals surface area contributed by atoms with E-state index in [0.717, 1.165) is 5.75 Å². The van der Waals surface area contributed by atoms with E-state index in [-0.39, 0.29) is 5.56 Å². The molecule has 0 fully saturated rings. The van der Waals surface area contributed by atoms with Gasteiger partial charge in [0.1, 0.15) is 11.5 Å². The van der Waals surface area contributed by atoms with Crippen molar-refractivity contribution < 1.29 is 9.47 Å². The fourth-order valence-corrected chi connectivity index (χ4v) is 3.23. The Morgan fingerprint density at radius 3 is 2.38 bits per heavy atom. The average molecular weight is 342 g/mol. The van der Waals surface area contributed by atoms with E-state index in [0.29, 0.717) is 33.2 Å². The number of nitrogens with zero attached hydrogens (tertiary/aromatic N) is 2. The van der Waals surface area contributed by atoms with E-state index in [9.17, 15) is 4.79 Å². The van der Waals surface area contributed by atoms with Crippen molar-refractivity contribution in [2.24, 2.45) is 0 Å². The molecular formula is C18H18N2O3S. The Labute approximate surface area is 144 Å². The average Bonchev–Trinajstić information content (AvgIpc) is 2.61. The smallest absolute Gasteiger partial charge is 0.266 e. The minimum absolute atomic E-state index is 0.105. The van der Waals surface area contributed by atoms with Gasteiger partial charge in [-0.3, -0.25) is 9.36 Å². The SMILES string of the molecule is CCSc1nc2ccccc2c(=O)n1-c1cc(OC)cc(OC)c1. The van der Waals surface area contributed by atoms with Gasteiger partial charge in [-0.15, -0.1) is 0 Å². The van der Waals surface area contributed by atoms with Crippen molar-refractivity contribution in [2.45, 2.75) is 12.1 Å². The second-order valence-electron chi connectivity index (χ2n) is 5.06. The number of fused-ring (bicyclic) bond motifs is 1. The molecule has 0 amide bonds. The van der Waals surface area contributed by atoms with E-state index < -0.39 is 0 Å². The number of thioether (sulfide) groups is 1. The van der Waals surface area contributed by atoms with Gasteiger partial charge in [0.15, 0.2) is 5.16 Å². The number of benzene rings is 2. The Hall–Kier alpha value is -2.47. The topological polar surface area (TPSA) is 53.4 Å². The number of para-hydroxylation sites is 1. The third-order valence-electron chi connectivity index (χ3n) is 3.61. The van der Waals surface area contributed by atoms with Crippen molar-refractivity contribution in [3.63, 3.8) is 0 Å². The van der Waals surface area contributed by atoms with Gasteiger partial charge >= 0.3 is 0 Å². The molecule has 0 aliphatic carbocycles. The normalized spacial score (nSPS) is 10.8. The van der Waals surface area contributed by atoms with Gasteiger partial charge in [-0.25, -0.2) is 4.98 Å². The standard InChI is InChI=1S/C18H18N2O3S/c1-4-24-18-19-16-8-6-5-7-15(16)17(21)20(18)12-9-13(22-2)11-14(10-12)23-3/h5-11H,4H2,1-3H3. The number of hydrogen-bond donors (Lipinski definition) is 0. The third-order valence-corrected chi connectivity index (χ3v) is 4.43. The van der Waals surface area contributed by atoms with Crippen molar-refractivity contribution in [3.05, 3.63) is 52.8 Å². The van der Waals surface area contributed by atoms with E-state index in [1.807, 2.05) is 25.1 Å². The van der Waals surface area contributed by atoms with Crippen LogP contribution in [0.4, 0.5) is 0 Å². The Kier molecular flexibility index (Phi) is 4.76. The quantitative estimate of drug-likeness (QED) is 0.524. The number of ether oxygens (including phenoxy) is 2. The molecule has 0 unspecified atom stereocenters. The van der Waals surface area contributed by atoms with Crippen LogP contribution in [-0.2, 0) is 0 Å². The highest BCUT2D eigenvalue weighted by Crippen LogP contribution is 2.27. The molecule has 3 rings (SSSR count). The second-order valence-corrected chi connectivity index (χ2v) is 6.29. The van der Waals surface area contributed by atoms with E-state index in [2.05, 4.69) is 4.98 Å². The van der Waals surface area contributed by atoms with E-state index in [1.54, 1.807) is 43.1 Å². The lowest BCUT2D eigenvalue weighted by Gasteiger charge is -2.14. The molecule has 0 bridgehead atoms. The van der Waals surface area contributed by atoms with Crippen LogP contribution in [0.5, 0.6) is 11.5 Å². The summed E-state index contributed by atoms with van der Waals surface area (Å²) in [5, 5.41) is 1.23. The third kappa shape index (κ3) is 2.97.